The summed E-state index contributed by atoms with van der Waals surface area (Å²) in [6, 6.07) is 0. The Morgan fingerprint density at radius 1 is 0.909 bits per heavy atom. The van der Waals surface area contributed by atoms with E-state index in [0.717, 1.165) is 24.2 Å². The highest BCUT2D eigenvalue weighted by molar-refractivity contribution is 5.07. The van der Waals surface area contributed by atoms with Crippen LogP contribution in [0.2, 0.25) is 0 Å². The lowest BCUT2D eigenvalue weighted by Crippen LogP contribution is -2.07. The van der Waals surface area contributed by atoms with Crippen LogP contribution in [0.15, 0.2) is 23.8 Å². The van der Waals surface area contributed by atoms with Gasteiger partial charge in [0.1, 0.15) is 0 Å². The van der Waals surface area contributed by atoms with Crippen molar-refractivity contribution in [2.75, 3.05) is 0 Å². The summed E-state index contributed by atoms with van der Waals surface area (Å²) in [5.41, 5.74) is 1.60. The molecule has 0 radical (unpaired) electrons. The summed E-state index contributed by atoms with van der Waals surface area (Å²) < 4.78 is 0. The van der Waals surface area contributed by atoms with E-state index in [4.69, 9.17) is 0 Å². The number of allylic oxidation sites excluding steroid dienone is 4. The fourth-order valence-corrected chi connectivity index (χ4v) is 2.91. The quantitative estimate of drug-likeness (QED) is 0.239. The minimum Gasteiger partial charge on any atom is -0.0882 e. The highest BCUT2D eigenvalue weighted by Gasteiger charge is 2.10. The fourth-order valence-electron chi connectivity index (χ4n) is 2.91. The third-order valence-electron chi connectivity index (χ3n) is 5.29. The van der Waals surface area contributed by atoms with Crippen LogP contribution in [0.25, 0.3) is 0 Å². The molecule has 0 nitrogen and oxygen atoms in total. The molecule has 0 saturated carbocycles. The van der Waals surface area contributed by atoms with E-state index in [1.165, 1.54) is 51.4 Å². The van der Waals surface area contributed by atoms with Gasteiger partial charge in [0.2, 0.25) is 0 Å². The number of hydrogen-bond acceptors (Lipinski definition) is 0. The molecule has 3 atom stereocenters. The molecule has 0 aromatic carbocycles. The molecule has 1 unspecified atom stereocenters. The second-order valence-corrected chi connectivity index (χ2v) is 7.37. The molecule has 22 heavy (non-hydrogen) atoms. The van der Waals surface area contributed by atoms with E-state index in [0.29, 0.717) is 0 Å². The lowest BCUT2D eigenvalue weighted by Gasteiger charge is -2.19. The lowest BCUT2D eigenvalue weighted by atomic mass is 9.87. The van der Waals surface area contributed by atoms with E-state index in [1.807, 2.05) is 0 Å². The van der Waals surface area contributed by atoms with Gasteiger partial charge in [0.05, 0.1) is 0 Å². The summed E-state index contributed by atoms with van der Waals surface area (Å²) in [7, 11) is 0. The van der Waals surface area contributed by atoms with Crippen LogP contribution >= 0.6 is 0 Å². The van der Waals surface area contributed by atoms with E-state index in [-0.39, 0.29) is 0 Å². The molecule has 0 saturated heterocycles. The van der Waals surface area contributed by atoms with Crippen LogP contribution in [0.5, 0.6) is 0 Å². The molecule has 130 valence electrons. The van der Waals surface area contributed by atoms with E-state index in [1.54, 1.807) is 5.57 Å². The average molecular weight is 307 g/mol. The molecule has 0 aromatic heterocycles. The zero-order valence-electron chi connectivity index (χ0n) is 16.3. The van der Waals surface area contributed by atoms with Crippen molar-refractivity contribution in [3.63, 3.8) is 0 Å². The van der Waals surface area contributed by atoms with Crippen molar-refractivity contribution in [3.8, 4) is 0 Å². The first-order valence-electron chi connectivity index (χ1n) is 9.84. The summed E-state index contributed by atoms with van der Waals surface area (Å²) in [4.78, 5) is 0. The molecular weight excluding hydrogens is 264 g/mol. The Morgan fingerprint density at radius 2 is 1.59 bits per heavy atom. The normalized spacial score (nSPS) is 16.9. The molecule has 0 aromatic rings. The molecule has 0 aliphatic heterocycles. The van der Waals surface area contributed by atoms with Crippen molar-refractivity contribution >= 4 is 0 Å². The highest BCUT2D eigenvalue weighted by atomic mass is 14.2. The summed E-state index contributed by atoms with van der Waals surface area (Å²) in [6.07, 6.45) is 19.0. The fraction of sp³-hybridized carbons (Fsp3) is 0.818. The molecule has 0 spiro atoms. The van der Waals surface area contributed by atoms with Crippen LogP contribution in [0.3, 0.4) is 0 Å². The first-order valence-corrected chi connectivity index (χ1v) is 9.84. The Morgan fingerprint density at radius 3 is 2.18 bits per heavy atom. The molecule has 0 aliphatic rings. The van der Waals surface area contributed by atoms with Gasteiger partial charge in [0.15, 0.2) is 0 Å². The molecule has 0 rings (SSSR count). The Hall–Kier alpha value is -0.520. The second kappa shape index (κ2) is 14.1. The molecule has 0 bridgehead atoms. The molecule has 0 heteroatoms. The maximum atomic E-state index is 2.44. The van der Waals surface area contributed by atoms with Crippen molar-refractivity contribution in [2.45, 2.75) is 99.3 Å². The van der Waals surface area contributed by atoms with Gasteiger partial charge in [-0.05, 0) is 50.4 Å². The SMILES string of the molecule is CC=C(C/C=C\CC[C@H](C)[C@@H](C)CCCCC)CC(C)CC. The number of hydrogen-bond donors (Lipinski definition) is 0. The van der Waals surface area contributed by atoms with Crippen LogP contribution in [-0.4, -0.2) is 0 Å². The summed E-state index contributed by atoms with van der Waals surface area (Å²) in [5, 5.41) is 0. The maximum Gasteiger partial charge on any atom is -0.0139 e. The zero-order chi connectivity index (χ0) is 16.8. The smallest absolute Gasteiger partial charge is 0.0139 e. The monoisotopic (exact) mass is 306 g/mol. The van der Waals surface area contributed by atoms with Gasteiger partial charge in [-0.1, -0.05) is 90.5 Å². The summed E-state index contributed by atoms with van der Waals surface area (Å²) >= 11 is 0. The molecule has 0 aliphatic carbocycles. The average Bonchev–Trinajstić information content (AvgIpc) is 2.52. The Bertz CT molecular complexity index is 297. The molecule has 0 heterocycles. The Labute approximate surface area is 141 Å². The van der Waals surface area contributed by atoms with Gasteiger partial charge in [-0.15, -0.1) is 0 Å². The van der Waals surface area contributed by atoms with E-state index < -0.39 is 0 Å². The molecule has 0 fully saturated rings. The minimum absolute atomic E-state index is 0.823. The Balaban J connectivity index is 3.88. The predicted octanol–water partition coefficient (Wildman–Crippen LogP) is 7.95. The third-order valence-corrected chi connectivity index (χ3v) is 5.29. The summed E-state index contributed by atoms with van der Waals surface area (Å²) in [5.74, 6) is 2.57. The van der Waals surface area contributed by atoms with E-state index >= 15 is 0 Å². The van der Waals surface area contributed by atoms with Crippen LogP contribution in [-0.2, 0) is 0 Å². The van der Waals surface area contributed by atoms with Gasteiger partial charge < -0.3 is 0 Å². The first-order chi connectivity index (χ1) is 10.5. The van der Waals surface area contributed by atoms with Crippen LogP contribution < -0.4 is 0 Å². The van der Waals surface area contributed by atoms with Gasteiger partial charge in [-0.25, -0.2) is 0 Å². The van der Waals surface area contributed by atoms with Crippen molar-refractivity contribution < 1.29 is 0 Å². The van der Waals surface area contributed by atoms with Crippen molar-refractivity contribution in [1.82, 2.24) is 0 Å². The van der Waals surface area contributed by atoms with Gasteiger partial charge in [-0.2, -0.15) is 0 Å². The largest absolute Gasteiger partial charge is 0.0882 e. The van der Waals surface area contributed by atoms with Gasteiger partial charge in [-0.3, -0.25) is 0 Å². The maximum absolute atomic E-state index is 2.44. The Kier molecular flexibility index (Phi) is 13.8. The van der Waals surface area contributed by atoms with Gasteiger partial charge >= 0.3 is 0 Å². The van der Waals surface area contributed by atoms with Crippen molar-refractivity contribution in [2.24, 2.45) is 17.8 Å². The van der Waals surface area contributed by atoms with Crippen LogP contribution in [0, 0.1) is 17.8 Å². The van der Waals surface area contributed by atoms with Gasteiger partial charge in [0.25, 0.3) is 0 Å². The van der Waals surface area contributed by atoms with Crippen LogP contribution in [0.1, 0.15) is 99.3 Å². The molecule has 0 amide bonds. The number of unbranched alkanes of at least 4 members (excludes halogenated alkanes) is 2. The van der Waals surface area contributed by atoms with Crippen molar-refractivity contribution in [3.05, 3.63) is 23.8 Å². The molecule has 0 N–H and O–H groups in total. The highest BCUT2D eigenvalue weighted by Crippen LogP contribution is 2.23. The minimum atomic E-state index is 0.823. The lowest BCUT2D eigenvalue weighted by molar-refractivity contribution is 0.335. The second-order valence-electron chi connectivity index (χ2n) is 7.37. The zero-order valence-corrected chi connectivity index (χ0v) is 16.3. The van der Waals surface area contributed by atoms with Crippen LogP contribution in [0.4, 0.5) is 0 Å². The predicted molar refractivity (Wildman–Crippen MR) is 103 cm³/mol. The first kappa shape index (κ1) is 21.5. The summed E-state index contributed by atoms with van der Waals surface area (Å²) in [6.45, 7) is 14.0. The van der Waals surface area contributed by atoms with Crippen molar-refractivity contribution in [1.29, 1.82) is 0 Å². The van der Waals surface area contributed by atoms with E-state index in [9.17, 15) is 0 Å². The molecular formula is C22H42. The van der Waals surface area contributed by atoms with E-state index in [2.05, 4.69) is 59.8 Å². The van der Waals surface area contributed by atoms with Gasteiger partial charge in [0, 0.05) is 0 Å². The third kappa shape index (κ3) is 11.1. The topological polar surface area (TPSA) is 0 Å². The number of rotatable bonds is 13. The standard InChI is InChI=1S/C22H42/c1-7-10-12-15-20(5)21(6)16-13-11-14-17-22(9-3)18-19(4)8-2/h9,11,14,19-21H,7-8,10,12-13,15-18H2,1-6H3/b14-11-,22-9?/t19?,20-,21-/m0/s1.